The molecule has 1 aromatic carbocycles. The molecule has 7 nitrogen and oxygen atoms in total. The minimum absolute atomic E-state index is 0.0316. The Hall–Kier alpha value is -1.67. The Morgan fingerprint density at radius 3 is 3.00 bits per heavy atom. The zero-order chi connectivity index (χ0) is 18.2. The van der Waals surface area contributed by atoms with E-state index in [1.807, 2.05) is 31.2 Å². The van der Waals surface area contributed by atoms with Crippen LogP contribution in [0.25, 0.3) is 0 Å². The lowest BCUT2D eigenvalue weighted by Crippen LogP contribution is -2.55. The fraction of sp³-hybridized carbons (Fsp3) is 0.632. The monoisotopic (exact) mass is 363 g/mol. The number of carbonyl (C=O) groups is 1. The largest absolute Gasteiger partial charge is 0.492 e. The molecule has 7 heteroatoms. The zero-order valence-corrected chi connectivity index (χ0v) is 15.4. The van der Waals surface area contributed by atoms with Gasteiger partial charge in [-0.25, -0.2) is 0 Å². The first kappa shape index (κ1) is 19.1. The molecule has 0 saturated carbocycles. The number of nitrogens with one attached hydrogen (secondary N) is 2. The second kappa shape index (κ2) is 9.87. The van der Waals surface area contributed by atoms with Crippen molar-refractivity contribution in [2.75, 3.05) is 52.6 Å². The van der Waals surface area contributed by atoms with Gasteiger partial charge in [0.15, 0.2) is 0 Å². The molecular formula is C19H29N3O4. The summed E-state index contributed by atoms with van der Waals surface area (Å²) >= 11 is 0. The molecule has 2 fully saturated rings. The van der Waals surface area contributed by atoms with E-state index >= 15 is 0 Å². The van der Waals surface area contributed by atoms with E-state index in [0.717, 1.165) is 44.2 Å². The molecule has 1 aromatic rings. The van der Waals surface area contributed by atoms with Crippen molar-refractivity contribution in [2.45, 2.75) is 25.6 Å². The maximum Gasteiger partial charge on any atom is 0.240 e. The SMILES string of the molecule is C[C@H]1OCCN[C@@H]1C(=O)NCc1cccc(OCCN2CCOCC2)c1. The minimum atomic E-state index is -0.295. The van der Waals surface area contributed by atoms with Gasteiger partial charge in [-0.05, 0) is 24.6 Å². The van der Waals surface area contributed by atoms with Crippen molar-refractivity contribution < 1.29 is 19.0 Å². The number of benzene rings is 1. The molecule has 0 aromatic heterocycles. The third-order valence-corrected chi connectivity index (χ3v) is 4.74. The van der Waals surface area contributed by atoms with Crippen LogP contribution in [-0.2, 0) is 20.8 Å². The maximum absolute atomic E-state index is 12.3. The first-order chi connectivity index (χ1) is 12.7. The smallest absolute Gasteiger partial charge is 0.240 e. The summed E-state index contributed by atoms with van der Waals surface area (Å²) in [5.74, 6) is 0.799. The summed E-state index contributed by atoms with van der Waals surface area (Å²) in [5.41, 5.74) is 1.02. The Bertz CT molecular complexity index is 578. The summed E-state index contributed by atoms with van der Waals surface area (Å²) < 4.78 is 16.7. The number of hydrogen-bond donors (Lipinski definition) is 2. The topological polar surface area (TPSA) is 72.1 Å². The number of carbonyl (C=O) groups excluding carboxylic acids is 1. The molecule has 1 amide bonds. The summed E-state index contributed by atoms with van der Waals surface area (Å²) in [6.07, 6.45) is -0.112. The van der Waals surface area contributed by atoms with Crippen LogP contribution in [0.15, 0.2) is 24.3 Å². The van der Waals surface area contributed by atoms with Gasteiger partial charge in [-0.2, -0.15) is 0 Å². The van der Waals surface area contributed by atoms with Crippen molar-refractivity contribution in [3.05, 3.63) is 29.8 Å². The number of amides is 1. The van der Waals surface area contributed by atoms with Gasteiger partial charge < -0.3 is 24.8 Å². The van der Waals surface area contributed by atoms with Crippen LogP contribution in [0.2, 0.25) is 0 Å². The third-order valence-electron chi connectivity index (χ3n) is 4.74. The molecule has 2 heterocycles. The second-order valence-electron chi connectivity index (χ2n) is 6.68. The number of rotatable bonds is 7. The molecule has 2 saturated heterocycles. The molecule has 3 rings (SSSR count). The second-order valence-corrected chi connectivity index (χ2v) is 6.68. The molecule has 0 aliphatic carbocycles. The Morgan fingerprint density at radius 2 is 2.19 bits per heavy atom. The van der Waals surface area contributed by atoms with Gasteiger partial charge in [0.05, 0.1) is 25.9 Å². The third kappa shape index (κ3) is 5.67. The van der Waals surface area contributed by atoms with Crippen molar-refractivity contribution in [3.8, 4) is 5.75 Å². The summed E-state index contributed by atoms with van der Waals surface area (Å²) in [7, 11) is 0. The highest BCUT2D eigenvalue weighted by atomic mass is 16.5. The molecule has 0 unspecified atom stereocenters. The summed E-state index contributed by atoms with van der Waals surface area (Å²) in [5, 5.41) is 6.18. The average molecular weight is 363 g/mol. The van der Waals surface area contributed by atoms with Crippen molar-refractivity contribution in [3.63, 3.8) is 0 Å². The van der Waals surface area contributed by atoms with Gasteiger partial charge in [0.1, 0.15) is 18.4 Å². The number of hydrogen-bond acceptors (Lipinski definition) is 6. The van der Waals surface area contributed by atoms with E-state index in [0.29, 0.717) is 26.3 Å². The quantitative estimate of drug-likeness (QED) is 0.730. The van der Waals surface area contributed by atoms with Gasteiger partial charge in [-0.15, -0.1) is 0 Å². The van der Waals surface area contributed by atoms with Gasteiger partial charge in [0.25, 0.3) is 0 Å². The lowest BCUT2D eigenvalue weighted by atomic mass is 10.1. The van der Waals surface area contributed by atoms with E-state index in [1.54, 1.807) is 0 Å². The molecule has 26 heavy (non-hydrogen) atoms. The van der Waals surface area contributed by atoms with E-state index in [-0.39, 0.29) is 18.1 Å². The van der Waals surface area contributed by atoms with Crippen LogP contribution in [-0.4, -0.2) is 75.6 Å². The molecule has 2 aliphatic rings. The van der Waals surface area contributed by atoms with Gasteiger partial charge in [-0.1, -0.05) is 12.1 Å². The molecule has 2 aliphatic heterocycles. The Balaban J connectivity index is 1.42. The van der Waals surface area contributed by atoms with Crippen LogP contribution >= 0.6 is 0 Å². The predicted molar refractivity (Wildman–Crippen MR) is 98.2 cm³/mol. The lowest BCUT2D eigenvalue weighted by molar-refractivity contribution is -0.129. The number of nitrogens with zero attached hydrogens (tertiary/aromatic N) is 1. The fourth-order valence-electron chi connectivity index (χ4n) is 3.19. The summed E-state index contributed by atoms with van der Waals surface area (Å²) in [6, 6.07) is 7.58. The van der Waals surface area contributed by atoms with Crippen molar-refractivity contribution >= 4 is 5.91 Å². The van der Waals surface area contributed by atoms with E-state index in [4.69, 9.17) is 14.2 Å². The Kier molecular flexibility index (Phi) is 7.25. The van der Waals surface area contributed by atoms with E-state index in [9.17, 15) is 4.79 Å². The van der Waals surface area contributed by atoms with Crippen LogP contribution in [0.4, 0.5) is 0 Å². The molecular weight excluding hydrogens is 334 g/mol. The van der Waals surface area contributed by atoms with E-state index in [1.165, 1.54) is 0 Å². The predicted octanol–water partition coefficient (Wildman–Crippen LogP) is 0.391. The van der Waals surface area contributed by atoms with Gasteiger partial charge in [-0.3, -0.25) is 9.69 Å². The standard InChI is InChI=1S/C19H29N3O4/c1-15-18(20-5-9-25-15)19(23)21-14-16-3-2-4-17(13-16)26-12-8-22-6-10-24-11-7-22/h2-4,13,15,18,20H,5-12,14H2,1H3,(H,21,23)/t15-,18+/m1/s1. The first-order valence-electron chi connectivity index (χ1n) is 9.37. The average Bonchev–Trinajstić information content (AvgIpc) is 2.68. The Labute approximate surface area is 155 Å². The zero-order valence-electron chi connectivity index (χ0n) is 15.4. The molecule has 0 spiro atoms. The van der Waals surface area contributed by atoms with Crippen LogP contribution in [0.5, 0.6) is 5.75 Å². The van der Waals surface area contributed by atoms with Crippen molar-refractivity contribution in [1.82, 2.24) is 15.5 Å². The highest BCUT2D eigenvalue weighted by Crippen LogP contribution is 2.14. The first-order valence-corrected chi connectivity index (χ1v) is 9.37. The van der Waals surface area contributed by atoms with Crippen LogP contribution in [0, 0.1) is 0 Å². The summed E-state index contributed by atoms with van der Waals surface area (Å²) in [4.78, 5) is 14.7. The van der Waals surface area contributed by atoms with E-state index in [2.05, 4.69) is 15.5 Å². The van der Waals surface area contributed by atoms with Crippen molar-refractivity contribution in [1.29, 1.82) is 0 Å². The van der Waals surface area contributed by atoms with Crippen LogP contribution < -0.4 is 15.4 Å². The number of morpholine rings is 2. The van der Waals surface area contributed by atoms with Crippen LogP contribution in [0.3, 0.4) is 0 Å². The molecule has 2 N–H and O–H groups in total. The van der Waals surface area contributed by atoms with Crippen LogP contribution in [0.1, 0.15) is 12.5 Å². The number of ether oxygens (including phenoxy) is 3. The molecule has 144 valence electrons. The Morgan fingerprint density at radius 1 is 1.35 bits per heavy atom. The molecule has 0 radical (unpaired) electrons. The maximum atomic E-state index is 12.3. The minimum Gasteiger partial charge on any atom is -0.492 e. The highest BCUT2D eigenvalue weighted by molar-refractivity contribution is 5.82. The van der Waals surface area contributed by atoms with Gasteiger partial charge >= 0.3 is 0 Å². The lowest BCUT2D eigenvalue weighted by Gasteiger charge is -2.29. The van der Waals surface area contributed by atoms with E-state index < -0.39 is 0 Å². The summed E-state index contributed by atoms with van der Waals surface area (Å²) in [6.45, 7) is 8.82. The molecule has 0 bridgehead atoms. The van der Waals surface area contributed by atoms with Gasteiger partial charge in [0, 0.05) is 32.7 Å². The van der Waals surface area contributed by atoms with Crippen molar-refractivity contribution in [2.24, 2.45) is 0 Å². The highest BCUT2D eigenvalue weighted by Gasteiger charge is 2.27. The molecule has 2 atom stereocenters. The van der Waals surface area contributed by atoms with Gasteiger partial charge in [0.2, 0.25) is 5.91 Å². The normalized spacial score (nSPS) is 24.2. The fourth-order valence-corrected chi connectivity index (χ4v) is 3.19.